The van der Waals surface area contributed by atoms with Gasteiger partial charge in [0.25, 0.3) is 0 Å². The van der Waals surface area contributed by atoms with Gasteiger partial charge in [-0.15, -0.1) is 0 Å². The van der Waals surface area contributed by atoms with Crippen LogP contribution in [0.3, 0.4) is 0 Å². The molecule has 0 radical (unpaired) electrons. The molecule has 0 spiro atoms. The van der Waals surface area contributed by atoms with Gasteiger partial charge >= 0.3 is 6.72 Å². The maximum atomic E-state index is 9.43. The first-order chi connectivity index (χ1) is 9.74. The van der Waals surface area contributed by atoms with Crippen LogP contribution in [0.2, 0.25) is 0 Å². The molecular formula is C12H25O7PS. The highest BCUT2D eigenvalue weighted by Gasteiger charge is 2.46. The Bertz CT molecular complexity index is 348. The summed E-state index contributed by atoms with van der Waals surface area (Å²) in [6.45, 7) is 2.88. The van der Waals surface area contributed by atoms with Gasteiger partial charge in [-0.1, -0.05) is 0 Å². The predicted octanol–water partition coefficient (Wildman–Crippen LogP) is 0.825. The average Bonchev–Trinajstić information content (AvgIpc) is 2.62. The van der Waals surface area contributed by atoms with Gasteiger partial charge in [0.1, 0.15) is 18.3 Å². The fourth-order valence-electron chi connectivity index (χ4n) is 2.11. The summed E-state index contributed by atoms with van der Waals surface area (Å²) in [5.74, 6) is 0. The Morgan fingerprint density at radius 1 is 1.24 bits per heavy atom. The zero-order valence-corrected chi connectivity index (χ0v) is 14.5. The molecule has 0 aromatic rings. The van der Waals surface area contributed by atoms with Gasteiger partial charge in [-0.3, -0.25) is 4.52 Å². The first-order valence-corrected chi connectivity index (χ1v) is 9.48. The van der Waals surface area contributed by atoms with E-state index in [1.54, 1.807) is 7.11 Å². The standard InChI is InChI=1S/C12H25O7PS/c1-8(2)17-7-10-12(19-20(13,14)21)11(9(3)18-10)16-6-5-15-4/h8-12H,5-7H2,1-4H3,(H2,13,14,21)/t9-,10+,11+,12?/m0/s1. The van der Waals surface area contributed by atoms with Gasteiger partial charge in [0.2, 0.25) is 0 Å². The second-order valence-corrected chi connectivity index (χ2v) is 7.77. The lowest BCUT2D eigenvalue weighted by atomic mass is 10.1. The van der Waals surface area contributed by atoms with Crippen LogP contribution in [0.5, 0.6) is 0 Å². The van der Waals surface area contributed by atoms with Crippen molar-refractivity contribution in [2.45, 2.75) is 51.3 Å². The SMILES string of the molecule is COCCO[C@H]1C(OP(O)(O)=S)[C@@H](COC(C)C)O[C@H]1C. The van der Waals surface area contributed by atoms with E-state index in [9.17, 15) is 9.79 Å². The van der Waals surface area contributed by atoms with Crippen LogP contribution in [0.15, 0.2) is 0 Å². The molecule has 126 valence electrons. The van der Waals surface area contributed by atoms with Crippen LogP contribution >= 0.6 is 6.72 Å². The monoisotopic (exact) mass is 344 g/mol. The van der Waals surface area contributed by atoms with Crippen molar-refractivity contribution in [3.8, 4) is 0 Å². The van der Waals surface area contributed by atoms with Crippen molar-refractivity contribution in [1.29, 1.82) is 0 Å². The average molecular weight is 344 g/mol. The maximum Gasteiger partial charge on any atom is 0.322 e. The van der Waals surface area contributed by atoms with Crippen LogP contribution in [-0.4, -0.2) is 67.2 Å². The zero-order valence-electron chi connectivity index (χ0n) is 12.8. The summed E-state index contributed by atoms with van der Waals surface area (Å²) in [6, 6.07) is 0. The Morgan fingerprint density at radius 2 is 1.90 bits per heavy atom. The van der Waals surface area contributed by atoms with Crippen LogP contribution < -0.4 is 0 Å². The quantitative estimate of drug-likeness (QED) is 0.470. The minimum absolute atomic E-state index is 0.0318. The summed E-state index contributed by atoms with van der Waals surface area (Å²) >= 11 is 4.56. The molecule has 9 heteroatoms. The van der Waals surface area contributed by atoms with Gasteiger partial charge in [0, 0.05) is 7.11 Å². The second-order valence-electron chi connectivity index (χ2n) is 5.15. The highest BCUT2D eigenvalue weighted by Crippen LogP contribution is 2.43. The molecule has 7 nitrogen and oxygen atoms in total. The summed E-state index contributed by atoms with van der Waals surface area (Å²) in [5.41, 5.74) is 0. The summed E-state index contributed by atoms with van der Waals surface area (Å²) in [5, 5.41) is 0. The highest BCUT2D eigenvalue weighted by molar-refractivity contribution is 8.06. The third-order valence-corrected chi connectivity index (χ3v) is 3.77. The smallest absolute Gasteiger partial charge is 0.322 e. The molecule has 1 saturated heterocycles. The minimum Gasteiger partial charge on any atom is -0.382 e. The van der Waals surface area contributed by atoms with Crippen LogP contribution in [0, 0.1) is 0 Å². The molecule has 0 amide bonds. The lowest BCUT2D eigenvalue weighted by Crippen LogP contribution is -2.39. The predicted molar refractivity (Wildman–Crippen MR) is 80.6 cm³/mol. The molecule has 21 heavy (non-hydrogen) atoms. The minimum atomic E-state index is -3.82. The molecule has 1 aliphatic rings. The molecule has 1 heterocycles. The van der Waals surface area contributed by atoms with Gasteiger partial charge in [-0.05, 0) is 32.6 Å². The molecule has 0 aromatic carbocycles. The fraction of sp³-hybridized carbons (Fsp3) is 1.00. The molecule has 0 aliphatic carbocycles. The van der Waals surface area contributed by atoms with E-state index in [0.717, 1.165) is 0 Å². The van der Waals surface area contributed by atoms with Gasteiger partial charge < -0.3 is 28.7 Å². The summed E-state index contributed by atoms with van der Waals surface area (Å²) in [6.07, 6.45) is -1.84. The van der Waals surface area contributed by atoms with Crippen LogP contribution in [0.1, 0.15) is 20.8 Å². The molecular weight excluding hydrogens is 319 g/mol. The van der Waals surface area contributed by atoms with Crippen molar-refractivity contribution in [2.75, 3.05) is 26.9 Å². The van der Waals surface area contributed by atoms with Crippen molar-refractivity contribution in [3.05, 3.63) is 0 Å². The van der Waals surface area contributed by atoms with Crippen molar-refractivity contribution < 1.29 is 33.3 Å². The lowest BCUT2D eigenvalue weighted by Gasteiger charge is -2.25. The third kappa shape index (κ3) is 6.99. The van der Waals surface area contributed by atoms with E-state index in [1.807, 2.05) is 20.8 Å². The molecule has 0 aromatic heterocycles. The number of ether oxygens (including phenoxy) is 4. The lowest BCUT2D eigenvalue weighted by molar-refractivity contribution is -0.0523. The number of hydrogen-bond donors (Lipinski definition) is 2. The number of hydrogen-bond acceptors (Lipinski definition) is 6. The normalized spacial score (nSPS) is 30.2. The van der Waals surface area contributed by atoms with E-state index in [-0.39, 0.29) is 18.8 Å². The van der Waals surface area contributed by atoms with Gasteiger partial charge in [0.05, 0.1) is 32.0 Å². The van der Waals surface area contributed by atoms with Crippen molar-refractivity contribution >= 4 is 18.5 Å². The molecule has 1 aliphatic heterocycles. The van der Waals surface area contributed by atoms with E-state index in [4.69, 9.17) is 23.5 Å². The van der Waals surface area contributed by atoms with Crippen molar-refractivity contribution in [1.82, 2.24) is 0 Å². The van der Waals surface area contributed by atoms with Crippen molar-refractivity contribution in [3.63, 3.8) is 0 Å². The molecule has 1 fully saturated rings. The maximum absolute atomic E-state index is 9.43. The van der Waals surface area contributed by atoms with E-state index in [1.165, 1.54) is 0 Å². The first-order valence-electron chi connectivity index (χ1n) is 6.86. The molecule has 1 rings (SSSR count). The van der Waals surface area contributed by atoms with E-state index in [2.05, 4.69) is 11.8 Å². The molecule has 2 N–H and O–H groups in total. The Hall–Kier alpha value is 0.370. The molecule has 0 bridgehead atoms. The fourth-order valence-corrected chi connectivity index (χ4v) is 2.99. The van der Waals surface area contributed by atoms with Crippen LogP contribution in [-0.2, 0) is 35.3 Å². The van der Waals surface area contributed by atoms with Crippen molar-refractivity contribution in [2.24, 2.45) is 0 Å². The second kappa shape index (κ2) is 8.86. The third-order valence-electron chi connectivity index (χ3n) is 2.99. The van der Waals surface area contributed by atoms with E-state index < -0.39 is 25.0 Å². The Kier molecular flexibility index (Phi) is 8.19. The van der Waals surface area contributed by atoms with Crippen LogP contribution in [0.4, 0.5) is 0 Å². The van der Waals surface area contributed by atoms with E-state index >= 15 is 0 Å². The first kappa shape index (κ1) is 19.4. The van der Waals surface area contributed by atoms with Crippen LogP contribution in [0.25, 0.3) is 0 Å². The number of rotatable bonds is 9. The molecule has 1 unspecified atom stereocenters. The topological polar surface area (TPSA) is 86.6 Å². The zero-order chi connectivity index (χ0) is 16.0. The van der Waals surface area contributed by atoms with E-state index in [0.29, 0.717) is 13.2 Å². The highest BCUT2D eigenvalue weighted by atomic mass is 32.5. The Balaban J connectivity index is 2.71. The summed E-state index contributed by atoms with van der Waals surface area (Å²) in [4.78, 5) is 18.9. The van der Waals surface area contributed by atoms with Gasteiger partial charge in [-0.2, -0.15) is 0 Å². The number of methoxy groups -OCH3 is 1. The van der Waals surface area contributed by atoms with Gasteiger partial charge in [-0.25, -0.2) is 0 Å². The Morgan fingerprint density at radius 3 is 2.43 bits per heavy atom. The summed E-state index contributed by atoms with van der Waals surface area (Å²) < 4.78 is 27.1. The Labute approximate surface area is 130 Å². The largest absolute Gasteiger partial charge is 0.382 e. The molecule has 4 atom stereocenters. The summed E-state index contributed by atoms with van der Waals surface area (Å²) in [7, 11) is 1.58. The molecule has 0 saturated carbocycles. The van der Waals surface area contributed by atoms with Gasteiger partial charge in [0.15, 0.2) is 0 Å².